The number of para-hydroxylation sites is 2. The van der Waals surface area contributed by atoms with E-state index in [9.17, 15) is 19.7 Å². The maximum atomic E-state index is 14.0. The molecular formula is C29H23N3O4S2. The highest BCUT2D eigenvalue weighted by Gasteiger charge is 2.32. The van der Waals surface area contributed by atoms with Crippen molar-refractivity contribution >= 4 is 58.1 Å². The molecule has 1 atom stereocenters. The summed E-state index contributed by atoms with van der Waals surface area (Å²) in [7, 11) is 0. The molecule has 0 spiro atoms. The Morgan fingerprint density at radius 3 is 2.24 bits per heavy atom. The second-order valence-corrected chi connectivity index (χ2v) is 10.9. The summed E-state index contributed by atoms with van der Waals surface area (Å²) in [5.74, 6) is -0.457. The Morgan fingerprint density at radius 1 is 0.921 bits per heavy atom. The third-order valence-electron chi connectivity index (χ3n) is 5.99. The number of nitro groups is 1. The first-order chi connectivity index (χ1) is 18.4. The molecule has 1 heterocycles. The summed E-state index contributed by atoms with van der Waals surface area (Å²) in [5.41, 5.74) is 2.33. The van der Waals surface area contributed by atoms with E-state index in [1.807, 2.05) is 78.6 Å². The van der Waals surface area contributed by atoms with Gasteiger partial charge in [-0.15, -0.1) is 11.8 Å². The van der Waals surface area contributed by atoms with Gasteiger partial charge < -0.3 is 5.32 Å². The second kappa shape index (κ2) is 11.1. The number of carbonyl (C=O) groups excluding carboxylic acids is 2. The Hall–Kier alpha value is -4.08. The highest BCUT2D eigenvalue weighted by molar-refractivity contribution is 8.00. The van der Waals surface area contributed by atoms with E-state index in [4.69, 9.17) is 0 Å². The number of non-ortho nitro benzene ring substituents is 1. The van der Waals surface area contributed by atoms with Gasteiger partial charge in [-0.25, -0.2) is 0 Å². The number of hydrogen-bond acceptors (Lipinski definition) is 6. The van der Waals surface area contributed by atoms with Crippen LogP contribution in [0, 0.1) is 10.1 Å². The van der Waals surface area contributed by atoms with Crippen LogP contribution in [-0.4, -0.2) is 22.0 Å². The minimum absolute atomic E-state index is 0.0104. The van der Waals surface area contributed by atoms with E-state index in [0.717, 1.165) is 26.1 Å². The first-order valence-corrected chi connectivity index (χ1v) is 13.7. The van der Waals surface area contributed by atoms with Crippen LogP contribution in [0.15, 0.2) is 112 Å². The molecule has 7 nitrogen and oxygen atoms in total. The zero-order valence-electron chi connectivity index (χ0n) is 20.4. The molecule has 0 radical (unpaired) electrons. The van der Waals surface area contributed by atoms with Gasteiger partial charge in [-0.3, -0.25) is 24.6 Å². The fourth-order valence-corrected chi connectivity index (χ4v) is 6.28. The van der Waals surface area contributed by atoms with Crippen molar-refractivity contribution in [2.75, 3.05) is 10.2 Å². The number of rotatable bonds is 7. The summed E-state index contributed by atoms with van der Waals surface area (Å²) in [6.07, 6.45) is 0.613. The Morgan fingerprint density at radius 2 is 1.58 bits per heavy atom. The van der Waals surface area contributed by atoms with Gasteiger partial charge in [-0.1, -0.05) is 55.1 Å². The fraction of sp³-hybridized carbons (Fsp3) is 0.103. The Balaban J connectivity index is 1.37. The molecule has 1 unspecified atom stereocenters. The van der Waals surface area contributed by atoms with Crippen LogP contribution in [0.3, 0.4) is 0 Å². The smallest absolute Gasteiger partial charge is 0.270 e. The van der Waals surface area contributed by atoms with Crippen molar-refractivity contribution < 1.29 is 14.5 Å². The molecule has 38 heavy (non-hydrogen) atoms. The lowest BCUT2D eigenvalue weighted by Gasteiger charge is -2.33. The van der Waals surface area contributed by atoms with Gasteiger partial charge in [0.25, 0.3) is 11.6 Å². The van der Waals surface area contributed by atoms with Gasteiger partial charge >= 0.3 is 0 Å². The monoisotopic (exact) mass is 541 g/mol. The number of benzene rings is 4. The van der Waals surface area contributed by atoms with Gasteiger partial charge in [0.05, 0.1) is 21.5 Å². The number of amides is 2. The molecule has 0 aliphatic carbocycles. The lowest BCUT2D eigenvalue weighted by molar-refractivity contribution is -0.384. The molecule has 1 aliphatic heterocycles. The van der Waals surface area contributed by atoms with Crippen LogP contribution in [0.4, 0.5) is 22.7 Å². The first kappa shape index (κ1) is 25.6. The quantitative estimate of drug-likeness (QED) is 0.148. The van der Waals surface area contributed by atoms with Crippen LogP contribution in [0.5, 0.6) is 0 Å². The van der Waals surface area contributed by atoms with Crippen molar-refractivity contribution in [1.29, 1.82) is 0 Å². The van der Waals surface area contributed by atoms with Crippen LogP contribution in [-0.2, 0) is 4.79 Å². The third-order valence-corrected chi connectivity index (χ3v) is 8.46. The zero-order chi connectivity index (χ0) is 26.6. The normalized spacial score (nSPS) is 12.7. The Bertz CT molecular complexity index is 1500. The molecule has 2 amide bonds. The Kier molecular flexibility index (Phi) is 7.48. The molecule has 0 fully saturated rings. The molecule has 190 valence electrons. The summed E-state index contributed by atoms with van der Waals surface area (Å²) in [6, 6.07) is 28.7. The molecule has 5 rings (SSSR count). The molecule has 4 aromatic carbocycles. The minimum Gasteiger partial charge on any atom is -0.322 e. The predicted octanol–water partition coefficient (Wildman–Crippen LogP) is 7.55. The lowest BCUT2D eigenvalue weighted by atomic mass is 10.2. The van der Waals surface area contributed by atoms with Crippen molar-refractivity contribution in [3.8, 4) is 0 Å². The number of hydrogen-bond donors (Lipinski definition) is 1. The van der Waals surface area contributed by atoms with E-state index in [-0.39, 0.29) is 22.4 Å². The number of nitro benzene ring substituents is 1. The maximum absolute atomic E-state index is 14.0. The van der Waals surface area contributed by atoms with Crippen LogP contribution in [0.1, 0.15) is 23.7 Å². The van der Waals surface area contributed by atoms with Crippen LogP contribution < -0.4 is 10.2 Å². The average molecular weight is 542 g/mol. The fourth-order valence-electron chi connectivity index (χ4n) is 4.17. The summed E-state index contributed by atoms with van der Waals surface area (Å²) in [6.45, 7) is 1.99. The summed E-state index contributed by atoms with van der Waals surface area (Å²) >= 11 is 3.10. The van der Waals surface area contributed by atoms with Gasteiger partial charge in [-0.05, 0) is 55.0 Å². The molecule has 1 N–H and O–H groups in total. The number of thioether (sulfide) groups is 1. The van der Waals surface area contributed by atoms with E-state index < -0.39 is 10.8 Å². The molecule has 9 heteroatoms. The standard InChI is InChI=1S/C29H23N3O4S2/c1-2-25(29(34)31-23-13-3-5-15-26(23)38-27-16-6-4-14-24(27)31)37-22-12-8-10-20(18-22)30-28(33)19-9-7-11-21(17-19)32(35)36/h3-18,25H,2H2,1H3,(H,30,33). The zero-order valence-corrected chi connectivity index (χ0v) is 22.0. The van der Waals surface area contributed by atoms with Crippen molar-refractivity contribution in [2.24, 2.45) is 0 Å². The van der Waals surface area contributed by atoms with E-state index in [2.05, 4.69) is 5.32 Å². The minimum atomic E-state index is -0.534. The average Bonchev–Trinajstić information content (AvgIpc) is 2.94. The van der Waals surface area contributed by atoms with Crippen molar-refractivity contribution in [1.82, 2.24) is 0 Å². The maximum Gasteiger partial charge on any atom is 0.270 e. The van der Waals surface area contributed by atoms with Crippen LogP contribution in [0.25, 0.3) is 0 Å². The largest absolute Gasteiger partial charge is 0.322 e. The highest BCUT2D eigenvalue weighted by atomic mass is 32.2. The van der Waals surface area contributed by atoms with E-state index >= 15 is 0 Å². The first-order valence-electron chi connectivity index (χ1n) is 12.0. The Labute approximate surface area is 228 Å². The van der Waals surface area contributed by atoms with Crippen molar-refractivity contribution in [3.63, 3.8) is 0 Å². The summed E-state index contributed by atoms with van der Waals surface area (Å²) in [5, 5.41) is 13.5. The molecule has 0 bridgehead atoms. The number of carbonyl (C=O) groups is 2. The number of anilines is 3. The number of nitrogens with one attached hydrogen (secondary N) is 1. The summed E-state index contributed by atoms with van der Waals surface area (Å²) < 4.78 is 0. The molecule has 1 aliphatic rings. The number of nitrogens with zero attached hydrogens (tertiary/aromatic N) is 2. The lowest BCUT2D eigenvalue weighted by Crippen LogP contribution is -2.35. The topological polar surface area (TPSA) is 92.5 Å². The molecule has 0 aromatic heterocycles. The van der Waals surface area contributed by atoms with Gasteiger partial charge in [0.15, 0.2) is 0 Å². The van der Waals surface area contributed by atoms with Gasteiger partial charge in [0, 0.05) is 38.1 Å². The molecular weight excluding hydrogens is 518 g/mol. The highest BCUT2D eigenvalue weighted by Crippen LogP contribution is 2.48. The van der Waals surface area contributed by atoms with Gasteiger partial charge in [0.2, 0.25) is 5.91 Å². The van der Waals surface area contributed by atoms with E-state index in [1.165, 1.54) is 36.0 Å². The molecule has 0 saturated heterocycles. The molecule has 4 aromatic rings. The molecule has 0 saturated carbocycles. The number of fused-ring (bicyclic) bond motifs is 2. The predicted molar refractivity (Wildman–Crippen MR) is 152 cm³/mol. The third kappa shape index (κ3) is 5.29. The van der Waals surface area contributed by atoms with Gasteiger partial charge in [0.1, 0.15) is 0 Å². The van der Waals surface area contributed by atoms with E-state index in [1.54, 1.807) is 17.8 Å². The van der Waals surface area contributed by atoms with Crippen LogP contribution in [0.2, 0.25) is 0 Å². The SMILES string of the molecule is CCC(Sc1cccc(NC(=O)c2cccc([N+](=O)[O-])c2)c1)C(=O)N1c2ccccc2Sc2ccccc21. The van der Waals surface area contributed by atoms with E-state index in [0.29, 0.717) is 12.1 Å². The van der Waals surface area contributed by atoms with Crippen molar-refractivity contribution in [3.05, 3.63) is 113 Å². The second-order valence-electron chi connectivity index (χ2n) is 8.52. The van der Waals surface area contributed by atoms with Gasteiger partial charge in [-0.2, -0.15) is 0 Å². The summed E-state index contributed by atoms with van der Waals surface area (Å²) in [4.78, 5) is 41.9. The van der Waals surface area contributed by atoms with Crippen LogP contribution >= 0.6 is 23.5 Å². The van der Waals surface area contributed by atoms with Crippen molar-refractivity contribution in [2.45, 2.75) is 33.3 Å².